The van der Waals surface area contributed by atoms with Gasteiger partial charge in [0.05, 0.1) is 6.10 Å². The maximum absolute atomic E-state index is 13.0. The summed E-state index contributed by atoms with van der Waals surface area (Å²) >= 11 is 0. The lowest BCUT2D eigenvalue weighted by molar-refractivity contribution is -0.0313. The fourth-order valence-electron chi connectivity index (χ4n) is 1.74. The number of halogens is 2. The summed E-state index contributed by atoms with van der Waals surface area (Å²) in [5.41, 5.74) is 0.149. The fraction of sp³-hybridized carbons (Fsp3) is 0.462. The first kappa shape index (κ1) is 12.2. The molecule has 0 spiro atoms. The molecule has 2 nitrogen and oxygen atoms in total. The summed E-state index contributed by atoms with van der Waals surface area (Å²) in [5.74, 6) is -2.27. The van der Waals surface area contributed by atoms with Crippen molar-refractivity contribution in [2.24, 2.45) is 0 Å². The quantitative estimate of drug-likeness (QED) is 0.756. The van der Waals surface area contributed by atoms with Gasteiger partial charge in [-0.1, -0.05) is 0 Å². The molecule has 0 radical (unpaired) electrons. The van der Waals surface area contributed by atoms with Gasteiger partial charge in [-0.25, -0.2) is 8.78 Å². The fourth-order valence-corrected chi connectivity index (χ4v) is 1.74. The number of carbonyl (C=O) groups excluding carboxylic acids is 1. The Balaban J connectivity index is 2.04. The number of ether oxygens (including phenoxy) is 1. The van der Waals surface area contributed by atoms with E-state index in [9.17, 15) is 13.6 Å². The van der Waals surface area contributed by atoms with Crippen LogP contribution in [0.5, 0.6) is 0 Å². The van der Waals surface area contributed by atoms with Crippen molar-refractivity contribution in [1.29, 1.82) is 0 Å². The monoisotopic (exact) mass is 240 g/mol. The van der Waals surface area contributed by atoms with Crippen molar-refractivity contribution >= 4 is 5.78 Å². The Labute approximate surface area is 98.6 Å². The molecule has 0 aromatic heterocycles. The van der Waals surface area contributed by atoms with Crippen LogP contribution in [0.25, 0.3) is 0 Å². The van der Waals surface area contributed by atoms with E-state index in [4.69, 9.17) is 4.74 Å². The molecule has 1 aromatic carbocycles. The second kappa shape index (κ2) is 4.92. The largest absolute Gasteiger partial charge is 0.367 e. The Morgan fingerprint density at radius 3 is 2.59 bits per heavy atom. The zero-order chi connectivity index (χ0) is 12.4. The van der Waals surface area contributed by atoms with Gasteiger partial charge in [0, 0.05) is 5.56 Å². The van der Waals surface area contributed by atoms with Gasteiger partial charge in [0.1, 0.15) is 6.10 Å². The first-order valence-corrected chi connectivity index (χ1v) is 5.72. The van der Waals surface area contributed by atoms with E-state index in [0.29, 0.717) is 0 Å². The third-order valence-corrected chi connectivity index (χ3v) is 3.02. The van der Waals surface area contributed by atoms with E-state index in [1.807, 2.05) is 0 Å². The van der Waals surface area contributed by atoms with E-state index in [-0.39, 0.29) is 17.5 Å². The molecule has 1 aliphatic rings. The number of hydrogen-bond acceptors (Lipinski definition) is 2. The summed E-state index contributed by atoms with van der Waals surface area (Å²) in [6, 6.07) is 3.15. The molecule has 0 aliphatic heterocycles. The minimum Gasteiger partial charge on any atom is -0.367 e. The van der Waals surface area contributed by atoms with Gasteiger partial charge in [-0.2, -0.15) is 0 Å². The van der Waals surface area contributed by atoms with Crippen LogP contribution in [0, 0.1) is 11.6 Å². The number of ketones is 1. The number of hydrogen-bond donors (Lipinski definition) is 0. The first-order valence-electron chi connectivity index (χ1n) is 5.72. The number of Topliss-reactive ketones (excluding diaryl/α,β-unsaturated/α-hetero) is 1. The summed E-state index contributed by atoms with van der Waals surface area (Å²) in [6.45, 7) is 1.64. The Hall–Kier alpha value is -1.29. The SMILES string of the molecule is CC(OC1CCC1)C(=O)c1ccc(F)c(F)c1. The van der Waals surface area contributed by atoms with Crippen LogP contribution in [0.3, 0.4) is 0 Å². The minimum absolute atomic E-state index is 0.138. The average Bonchev–Trinajstić information content (AvgIpc) is 2.26. The van der Waals surface area contributed by atoms with Crippen molar-refractivity contribution < 1.29 is 18.3 Å². The minimum atomic E-state index is -1.01. The summed E-state index contributed by atoms with van der Waals surface area (Å²) in [7, 11) is 0. The van der Waals surface area contributed by atoms with Crippen LogP contribution in [0.4, 0.5) is 8.78 Å². The molecule has 1 atom stereocenters. The van der Waals surface area contributed by atoms with E-state index in [2.05, 4.69) is 0 Å². The van der Waals surface area contributed by atoms with Gasteiger partial charge in [0.15, 0.2) is 17.4 Å². The highest BCUT2D eigenvalue weighted by Crippen LogP contribution is 2.24. The van der Waals surface area contributed by atoms with Crippen molar-refractivity contribution in [3.63, 3.8) is 0 Å². The van der Waals surface area contributed by atoms with Crippen molar-refractivity contribution in [3.05, 3.63) is 35.4 Å². The molecule has 0 N–H and O–H groups in total. The summed E-state index contributed by atoms with van der Waals surface area (Å²) in [5, 5.41) is 0. The topological polar surface area (TPSA) is 26.3 Å². The van der Waals surface area contributed by atoms with Crippen LogP contribution in [-0.2, 0) is 4.74 Å². The third-order valence-electron chi connectivity index (χ3n) is 3.02. The van der Waals surface area contributed by atoms with E-state index in [0.717, 1.165) is 31.4 Å². The van der Waals surface area contributed by atoms with E-state index in [1.165, 1.54) is 6.07 Å². The van der Waals surface area contributed by atoms with Gasteiger partial charge < -0.3 is 4.74 Å². The molecule has 0 amide bonds. The Morgan fingerprint density at radius 1 is 1.35 bits per heavy atom. The van der Waals surface area contributed by atoms with Crippen LogP contribution in [0.2, 0.25) is 0 Å². The number of benzene rings is 1. The lowest BCUT2D eigenvalue weighted by Gasteiger charge is -2.28. The molecule has 1 saturated carbocycles. The van der Waals surface area contributed by atoms with Crippen LogP contribution in [0.15, 0.2) is 18.2 Å². The standard InChI is InChI=1S/C13H14F2O2/c1-8(17-10-3-2-4-10)13(16)9-5-6-11(14)12(15)7-9/h5-8,10H,2-4H2,1H3. The van der Waals surface area contributed by atoms with Crippen LogP contribution >= 0.6 is 0 Å². The molecular formula is C13H14F2O2. The Bertz CT molecular complexity index is 427. The highest BCUT2D eigenvalue weighted by atomic mass is 19.2. The van der Waals surface area contributed by atoms with Crippen molar-refractivity contribution in [2.75, 3.05) is 0 Å². The predicted octanol–water partition coefficient (Wildman–Crippen LogP) is 3.11. The zero-order valence-electron chi connectivity index (χ0n) is 9.58. The second-order valence-corrected chi connectivity index (χ2v) is 4.32. The molecule has 2 rings (SSSR count). The summed E-state index contributed by atoms with van der Waals surface area (Å²) < 4.78 is 31.2. The molecule has 0 saturated heterocycles. The van der Waals surface area contributed by atoms with E-state index in [1.54, 1.807) is 6.92 Å². The Morgan fingerprint density at radius 2 is 2.06 bits per heavy atom. The molecule has 17 heavy (non-hydrogen) atoms. The molecule has 1 aliphatic carbocycles. The van der Waals surface area contributed by atoms with Crippen molar-refractivity contribution in [3.8, 4) is 0 Å². The molecule has 1 fully saturated rings. The molecule has 1 aromatic rings. The Kier molecular flexibility index (Phi) is 3.52. The molecular weight excluding hydrogens is 226 g/mol. The molecule has 0 heterocycles. The summed E-state index contributed by atoms with van der Waals surface area (Å²) in [6.07, 6.45) is 2.59. The van der Waals surface area contributed by atoms with E-state index >= 15 is 0 Å². The predicted molar refractivity (Wildman–Crippen MR) is 58.9 cm³/mol. The maximum atomic E-state index is 13.0. The number of rotatable bonds is 4. The molecule has 0 bridgehead atoms. The van der Waals surface area contributed by atoms with Crippen LogP contribution in [-0.4, -0.2) is 18.0 Å². The van der Waals surface area contributed by atoms with E-state index < -0.39 is 17.7 Å². The second-order valence-electron chi connectivity index (χ2n) is 4.32. The van der Waals surface area contributed by atoms with Gasteiger partial charge in [-0.15, -0.1) is 0 Å². The third kappa shape index (κ3) is 2.69. The maximum Gasteiger partial charge on any atom is 0.191 e. The van der Waals surface area contributed by atoms with Gasteiger partial charge in [-0.3, -0.25) is 4.79 Å². The first-order chi connectivity index (χ1) is 8.08. The molecule has 1 unspecified atom stereocenters. The lowest BCUT2D eigenvalue weighted by Crippen LogP contribution is -2.31. The highest BCUT2D eigenvalue weighted by Gasteiger charge is 2.25. The number of carbonyl (C=O) groups is 1. The lowest BCUT2D eigenvalue weighted by atomic mass is 9.95. The normalized spacial score (nSPS) is 17.6. The molecule has 4 heteroatoms. The summed E-state index contributed by atoms with van der Waals surface area (Å²) in [4.78, 5) is 11.9. The van der Waals surface area contributed by atoms with Gasteiger partial charge in [0.2, 0.25) is 0 Å². The van der Waals surface area contributed by atoms with Crippen LogP contribution in [0.1, 0.15) is 36.5 Å². The zero-order valence-corrected chi connectivity index (χ0v) is 9.58. The van der Waals surface area contributed by atoms with Crippen molar-refractivity contribution in [1.82, 2.24) is 0 Å². The highest BCUT2D eigenvalue weighted by molar-refractivity contribution is 5.99. The van der Waals surface area contributed by atoms with Crippen LogP contribution < -0.4 is 0 Å². The molecule has 92 valence electrons. The van der Waals surface area contributed by atoms with Gasteiger partial charge in [-0.05, 0) is 44.4 Å². The van der Waals surface area contributed by atoms with Gasteiger partial charge >= 0.3 is 0 Å². The van der Waals surface area contributed by atoms with Gasteiger partial charge in [0.25, 0.3) is 0 Å². The average molecular weight is 240 g/mol. The van der Waals surface area contributed by atoms with Crippen molar-refractivity contribution in [2.45, 2.75) is 38.4 Å². The smallest absolute Gasteiger partial charge is 0.191 e.